The number of hydrogen-bond acceptors (Lipinski definition) is 3. The maximum absolute atomic E-state index is 10.9. The molecule has 0 aromatic carbocycles. The summed E-state index contributed by atoms with van der Waals surface area (Å²) in [7, 11) is 0. The van der Waals surface area contributed by atoms with Gasteiger partial charge in [0.15, 0.2) is 0 Å². The summed E-state index contributed by atoms with van der Waals surface area (Å²) in [5.74, 6) is -0.192. The van der Waals surface area contributed by atoms with Crippen molar-refractivity contribution >= 4 is 23.1 Å². The Labute approximate surface area is 84.5 Å². The van der Waals surface area contributed by atoms with Gasteiger partial charge in [-0.1, -0.05) is 6.07 Å². The average molecular weight is 207 g/mol. The van der Waals surface area contributed by atoms with Crippen LogP contribution in [0.4, 0.5) is 5.82 Å². The maximum atomic E-state index is 10.9. The highest BCUT2D eigenvalue weighted by atomic mass is 32.1. The van der Waals surface area contributed by atoms with E-state index in [1.165, 1.54) is 0 Å². The van der Waals surface area contributed by atoms with Gasteiger partial charge in [-0.25, -0.2) is 0 Å². The lowest BCUT2D eigenvalue weighted by atomic mass is 10.2. The van der Waals surface area contributed by atoms with Crippen molar-refractivity contribution in [3.63, 3.8) is 0 Å². The predicted molar refractivity (Wildman–Crippen MR) is 57.0 cm³/mol. The molecule has 4 nitrogen and oxygen atoms in total. The lowest BCUT2D eigenvalue weighted by Crippen LogP contribution is -2.11. The standard InChI is InChI=1S/C9H9N3OS/c10-8-5(9(11)13)4-6(12-8)7-2-1-3-14-7/h1-4,12H,10H2,(H2,11,13). The summed E-state index contributed by atoms with van der Waals surface area (Å²) in [6.45, 7) is 0. The smallest absolute Gasteiger partial charge is 0.252 e. The Hall–Kier alpha value is -1.75. The Kier molecular flexibility index (Phi) is 2.01. The second kappa shape index (κ2) is 3.19. The highest BCUT2D eigenvalue weighted by Crippen LogP contribution is 2.26. The van der Waals surface area contributed by atoms with Crippen LogP contribution in [0.2, 0.25) is 0 Å². The Morgan fingerprint density at radius 2 is 2.29 bits per heavy atom. The number of nitrogen functional groups attached to an aromatic ring is 1. The zero-order valence-electron chi connectivity index (χ0n) is 7.28. The van der Waals surface area contributed by atoms with Gasteiger partial charge in [0.05, 0.1) is 16.1 Å². The Bertz CT molecular complexity index is 458. The van der Waals surface area contributed by atoms with Crippen molar-refractivity contribution < 1.29 is 4.79 Å². The number of hydrogen-bond donors (Lipinski definition) is 3. The second-order valence-electron chi connectivity index (χ2n) is 2.85. The molecule has 0 bridgehead atoms. The number of carbonyl (C=O) groups excluding carboxylic acids is 1. The van der Waals surface area contributed by atoms with Crippen LogP contribution in [0, 0.1) is 0 Å². The van der Waals surface area contributed by atoms with E-state index in [4.69, 9.17) is 11.5 Å². The summed E-state index contributed by atoms with van der Waals surface area (Å²) in [4.78, 5) is 14.9. The van der Waals surface area contributed by atoms with Gasteiger partial charge in [0.1, 0.15) is 5.82 Å². The minimum Gasteiger partial charge on any atom is -0.385 e. The molecule has 0 aliphatic rings. The van der Waals surface area contributed by atoms with E-state index in [0.29, 0.717) is 11.4 Å². The van der Waals surface area contributed by atoms with Crippen molar-refractivity contribution in [3.8, 4) is 10.6 Å². The molecular weight excluding hydrogens is 198 g/mol. The van der Waals surface area contributed by atoms with Gasteiger partial charge in [0.2, 0.25) is 0 Å². The second-order valence-corrected chi connectivity index (χ2v) is 3.80. The molecule has 0 saturated heterocycles. The summed E-state index contributed by atoms with van der Waals surface area (Å²) in [5.41, 5.74) is 11.9. The number of thiophene rings is 1. The zero-order valence-corrected chi connectivity index (χ0v) is 8.10. The highest BCUT2D eigenvalue weighted by molar-refractivity contribution is 7.13. The van der Waals surface area contributed by atoms with E-state index in [1.807, 2.05) is 17.5 Å². The van der Waals surface area contributed by atoms with E-state index in [2.05, 4.69) is 4.98 Å². The number of rotatable bonds is 2. The summed E-state index contributed by atoms with van der Waals surface area (Å²) >= 11 is 1.57. The molecule has 0 unspecified atom stereocenters. The third-order valence-electron chi connectivity index (χ3n) is 1.90. The van der Waals surface area contributed by atoms with E-state index in [9.17, 15) is 4.79 Å². The van der Waals surface area contributed by atoms with Gasteiger partial charge >= 0.3 is 0 Å². The van der Waals surface area contributed by atoms with Crippen LogP contribution < -0.4 is 11.5 Å². The Morgan fingerprint density at radius 3 is 2.79 bits per heavy atom. The van der Waals surface area contributed by atoms with E-state index < -0.39 is 5.91 Å². The lowest BCUT2D eigenvalue weighted by Gasteiger charge is -1.89. The van der Waals surface area contributed by atoms with Crippen LogP contribution in [0.1, 0.15) is 10.4 Å². The fourth-order valence-electron chi connectivity index (χ4n) is 1.24. The molecular formula is C9H9N3OS. The van der Waals surface area contributed by atoms with Crippen molar-refractivity contribution in [1.82, 2.24) is 4.98 Å². The molecule has 0 aliphatic carbocycles. The summed E-state index contributed by atoms with van der Waals surface area (Å²) < 4.78 is 0. The third kappa shape index (κ3) is 1.38. The number of nitrogens with one attached hydrogen (secondary N) is 1. The molecule has 0 saturated carbocycles. The molecule has 1 amide bonds. The van der Waals surface area contributed by atoms with Crippen LogP contribution in [0.3, 0.4) is 0 Å². The molecule has 2 heterocycles. The minimum atomic E-state index is -0.512. The summed E-state index contributed by atoms with van der Waals surface area (Å²) in [6, 6.07) is 5.55. The molecule has 2 aromatic heterocycles. The molecule has 5 N–H and O–H groups in total. The quantitative estimate of drug-likeness (QED) is 0.695. The van der Waals surface area contributed by atoms with E-state index in [1.54, 1.807) is 17.4 Å². The molecule has 2 rings (SSSR count). The highest BCUT2D eigenvalue weighted by Gasteiger charge is 2.11. The summed E-state index contributed by atoms with van der Waals surface area (Å²) in [5, 5.41) is 1.95. The van der Waals surface area contributed by atoms with Gasteiger partial charge in [0.25, 0.3) is 5.91 Å². The SMILES string of the molecule is NC(=O)c1cc(-c2cccs2)[nH]c1N. The molecule has 0 radical (unpaired) electrons. The van der Waals surface area contributed by atoms with Gasteiger partial charge in [-0.05, 0) is 17.5 Å². The molecule has 14 heavy (non-hydrogen) atoms. The molecule has 5 heteroatoms. The first kappa shape index (κ1) is 8.83. The number of H-pyrrole nitrogens is 1. The number of nitrogens with two attached hydrogens (primary N) is 2. The lowest BCUT2D eigenvalue weighted by molar-refractivity contribution is 0.100. The van der Waals surface area contributed by atoms with Gasteiger partial charge in [-0.3, -0.25) is 4.79 Å². The topological polar surface area (TPSA) is 84.9 Å². The molecule has 72 valence electrons. The third-order valence-corrected chi connectivity index (χ3v) is 2.80. The average Bonchev–Trinajstić information content (AvgIpc) is 2.70. The number of anilines is 1. The minimum absolute atomic E-state index is 0.320. The molecule has 0 fully saturated rings. The van der Waals surface area contributed by atoms with Gasteiger partial charge in [-0.2, -0.15) is 0 Å². The van der Waals surface area contributed by atoms with Crippen LogP contribution in [0.15, 0.2) is 23.6 Å². The summed E-state index contributed by atoms with van der Waals surface area (Å²) in [6.07, 6.45) is 0. The van der Waals surface area contributed by atoms with Crippen LogP contribution in [0.5, 0.6) is 0 Å². The van der Waals surface area contributed by atoms with Crippen LogP contribution >= 0.6 is 11.3 Å². The molecule has 0 spiro atoms. The maximum Gasteiger partial charge on any atom is 0.252 e. The van der Waals surface area contributed by atoms with E-state index >= 15 is 0 Å². The molecule has 0 atom stereocenters. The first-order chi connectivity index (χ1) is 6.68. The van der Waals surface area contributed by atoms with Crippen molar-refractivity contribution in [1.29, 1.82) is 0 Å². The molecule has 0 aliphatic heterocycles. The van der Waals surface area contributed by atoms with Gasteiger partial charge < -0.3 is 16.5 Å². The van der Waals surface area contributed by atoms with Crippen molar-refractivity contribution in [3.05, 3.63) is 29.1 Å². The van der Waals surface area contributed by atoms with E-state index in [-0.39, 0.29) is 0 Å². The first-order valence-electron chi connectivity index (χ1n) is 4.00. The Balaban J connectivity index is 2.48. The Morgan fingerprint density at radius 1 is 1.50 bits per heavy atom. The predicted octanol–water partition coefficient (Wildman–Crippen LogP) is 1.42. The van der Waals surface area contributed by atoms with Crippen molar-refractivity contribution in [2.24, 2.45) is 5.73 Å². The number of aromatic nitrogens is 1. The van der Waals surface area contributed by atoms with Gasteiger partial charge in [-0.15, -0.1) is 11.3 Å². The number of aromatic amines is 1. The van der Waals surface area contributed by atoms with Crippen LogP contribution in [-0.4, -0.2) is 10.9 Å². The van der Waals surface area contributed by atoms with Gasteiger partial charge in [0, 0.05) is 0 Å². The fourth-order valence-corrected chi connectivity index (χ4v) is 1.94. The number of amides is 1. The molecule has 2 aromatic rings. The first-order valence-corrected chi connectivity index (χ1v) is 4.88. The normalized spacial score (nSPS) is 10.3. The van der Waals surface area contributed by atoms with Crippen LogP contribution in [-0.2, 0) is 0 Å². The van der Waals surface area contributed by atoms with Crippen molar-refractivity contribution in [2.45, 2.75) is 0 Å². The van der Waals surface area contributed by atoms with E-state index in [0.717, 1.165) is 10.6 Å². The van der Waals surface area contributed by atoms with Crippen molar-refractivity contribution in [2.75, 3.05) is 5.73 Å². The monoisotopic (exact) mass is 207 g/mol. The zero-order chi connectivity index (χ0) is 10.1. The number of carbonyl (C=O) groups is 1. The van der Waals surface area contributed by atoms with Crippen LogP contribution in [0.25, 0.3) is 10.6 Å². The number of primary amides is 1. The fraction of sp³-hybridized carbons (Fsp3) is 0. The largest absolute Gasteiger partial charge is 0.385 e.